The van der Waals surface area contributed by atoms with Crippen LogP contribution in [-0.4, -0.2) is 38.5 Å². The molecule has 0 amide bonds. The fourth-order valence-electron chi connectivity index (χ4n) is 3.74. The Labute approximate surface area is 118 Å². The molecule has 1 aromatic heterocycles. The van der Waals surface area contributed by atoms with Crippen molar-refractivity contribution in [2.45, 2.75) is 36.6 Å². The Morgan fingerprint density at radius 2 is 2.21 bits per heavy atom. The zero-order valence-electron chi connectivity index (χ0n) is 11.4. The van der Waals surface area contributed by atoms with Crippen LogP contribution in [0.1, 0.15) is 20.3 Å². The number of sulfonamides is 1. The van der Waals surface area contributed by atoms with E-state index in [2.05, 4.69) is 13.8 Å². The maximum absolute atomic E-state index is 12.6. The molecule has 0 unspecified atom stereocenters. The molecule has 3 atom stereocenters. The van der Waals surface area contributed by atoms with Gasteiger partial charge in [-0.05, 0) is 17.9 Å². The second-order valence-corrected chi connectivity index (χ2v) is 9.14. The third kappa shape index (κ3) is 1.81. The first kappa shape index (κ1) is 13.5. The minimum Gasteiger partial charge on any atom is -0.377 e. The van der Waals surface area contributed by atoms with Crippen molar-refractivity contribution in [3.63, 3.8) is 0 Å². The zero-order valence-corrected chi connectivity index (χ0v) is 13.0. The summed E-state index contributed by atoms with van der Waals surface area (Å²) in [6, 6.07) is 3.48. The number of nitrogens with zero attached hydrogens (tertiary/aromatic N) is 1. The molecule has 2 fully saturated rings. The van der Waals surface area contributed by atoms with Gasteiger partial charge in [0.25, 0.3) is 10.0 Å². The Morgan fingerprint density at radius 1 is 1.47 bits per heavy atom. The van der Waals surface area contributed by atoms with Crippen LogP contribution in [0.25, 0.3) is 0 Å². The fourth-order valence-corrected chi connectivity index (χ4v) is 6.45. The number of ether oxygens (including phenoxy) is 1. The number of rotatable bonds is 3. The van der Waals surface area contributed by atoms with Crippen molar-refractivity contribution in [2.24, 2.45) is 11.3 Å². The number of fused-ring (bicyclic) bond motifs is 1. The lowest BCUT2D eigenvalue weighted by molar-refractivity contribution is -0.131. The third-order valence-corrected chi connectivity index (χ3v) is 7.77. The Morgan fingerprint density at radius 3 is 2.84 bits per heavy atom. The van der Waals surface area contributed by atoms with Crippen LogP contribution >= 0.6 is 11.3 Å². The number of hydrogen-bond acceptors (Lipinski definition) is 4. The van der Waals surface area contributed by atoms with Crippen molar-refractivity contribution in [1.29, 1.82) is 0 Å². The summed E-state index contributed by atoms with van der Waals surface area (Å²) in [4.78, 5) is 0. The molecule has 3 rings (SSSR count). The fraction of sp³-hybridized carbons (Fsp3) is 0.692. The van der Waals surface area contributed by atoms with Crippen molar-refractivity contribution in [1.82, 2.24) is 4.31 Å². The maximum atomic E-state index is 12.6. The highest BCUT2D eigenvalue weighted by Gasteiger charge is 2.62. The van der Waals surface area contributed by atoms with Crippen LogP contribution < -0.4 is 0 Å². The van der Waals surface area contributed by atoms with E-state index in [9.17, 15) is 8.42 Å². The molecule has 0 bridgehead atoms. The quantitative estimate of drug-likeness (QED) is 0.859. The smallest absolute Gasteiger partial charge is 0.252 e. The van der Waals surface area contributed by atoms with Crippen molar-refractivity contribution >= 4 is 21.4 Å². The maximum Gasteiger partial charge on any atom is 0.252 e. The predicted octanol–water partition coefficient (Wildman–Crippen LogP) is 2.18. The molecule has 1 saturated heterocycles. The molecule has 0 N–H and O–H groups in total. The summed E-state index contributed by atoms with van der Waals surface area (Å²) >= 11 is 1.27. The van der Waals surface area contributed by atoms with Gasteiger partial charge in [0.2, 0.25) is 0 Å². The van der Waals surface area contributed by atoms with E-state index < -0.39 is 10.0 Å². The van der Waals surface area contributed by atoms with Crippen LogP contribution in [0.2, 0.25) is 0 Å². The van der Waals surface area contributed by atoms with E-state index in [-0.39, 0.29) is 17.6 Å². The van der Waals surface area contributed by atoms with E-state index in [0.29, 0.717) is 10.1 Å². The first-order chi connectivity index (χ1) is 8.87. The molecule has 1 aliphatic carbocycles. The topological polar surface area (TPSA) is 46.6 Å². The number of hydrogen-bond donors (Lipinski definition) is 0. The first-order valence-electron chi connectivity index (χ1n) is 6.50. The van der Waals surface area contributed by atoms with E-state index in [1.807, 2.05) is 0 Å². The summed E-state index contributed by atoms with van der Waals surface area (Å²) < 4.78 is 32.9. The second-order valence-electron chi connectivity index (χ2n) is 5.96. The van der Waals surface area contributed by atoms with Gasteiger partial charge in [-0.1, -0.05) is 19.9 Å². The van der Waals surface area contributed by atoms with Crippen molar-refractivity contribution in [3.05, 3.63) is 17.5 Å². The largest absolute Gasteiger partial charge is 0.377 e. The Balaban J connectivity index is 1.91. The van der Waals surface area contributed by atoms with E-state index in [4.69, 9.17) is 4.74 Å². The minimum atomic E-state index is -3.37. The minimum absolute atomic E-state index is 0.0344. The zero-order chi connectivity index (χ0) is 13.8. The molecule has 6 heteroatoms. The summed E-state index contributed by atoms with van der Waals surface area (Å²) in [5, 5.41) is 1.80. The highest BCUT2D eigenvalue weighted by molar-refractivity contribution is 7.91. The van der Waals surface area contributed by atoms with Crippen molar-refractivity contribution in [2.75, 3.05) is 13.7 Å². The van der Waals surface area contributed by atoms with E-state index in [1.165, 1.54) is 11.3 Å². The third-order valence-electron chi connectivity index (χ3n) is 4.56. The van der Waals surface area contributed by atoms with Crippen molar-refractivity contribution < 1.29 is 13.2 Å². The van der Waals surface area contributed by atoms with Gasteiger partial charge in [-0.15, -0.1) is 11.3 Å². The average molecular weight is 301 g/mol. The molecular formula is C13H19NO3S2. The lowest BCUT2D eigenvalue weighted by Gasteiger charge is -2.57. The van der Waals surface area contributed by atoms with Gasteiger partial charge in [-0.2, -0.15) is 4.31 Å². The normalized spacial score (nSPS) is 33.2. The van der Waals surface area contributed by atoms with Crippen LogP contribution in [0.3, 0.4) is 0 Å². The summed E-state index contributed by atoms with van der Waals surface area (Å²) in [6.07, 6.45) is 1.17. The Bertz CT molecular complexity index is 565. The molecule has 19 heavy (non-hydrogen) atoms. The summed E-state index contributed by atoms with van der Waals surface area (Å²) in [5.41, 5.74) is -0.111. The van der Waals surface area contributed by atoms with Crippen LogP contribution in [0.15, 0.2) is 21.7 Å². The Kier molecular flexibility index (Phi) is 3.05. The van der Waals surface area contributed by atoms with Gasteiger partial charge in [-0.3, -0.25) is 0 Å². The number of thiophene rings is 1. The molecule has 1 saturated carbocycles. The Hall–Kier alpha value is -0.430. The molecular weight excluding hydrogens is 282 g/mol. The standard InChI is InChI=1S/C13H19NO3S2/c1-13(2)11(9-6-7-17-12(9)13)14(3)19(15,16)10-5-4-8-18-10/h4-5,8-9,11-12H,6-7H2,1-3H3/t9-,11-,12+/m1/s1. The van der Waals surface area contributed by atoms with Gasteiger partial charge in [-0.25, -0.2) is 8.42 Å². The van der Waals surface area contributed by atoms with Crippen molar-refractivity contribution in [3.8, 4) is 0 Å². The summed E-state index contributed by atoms with van der Waals surface area (Å²) in [7, 11) is -1.66. The lowest BCUT2D eigenvalue weighted by atomic mass is 9.57. The highest BCUT2D eigenvalue weighted by Crippen LogP contribution is 2.55. The predicted molar refractivity (Wildman–Crippen MR) is 74.7 cm³/mol. The molecule has 106 valence electrons. The molecule has 1 aliphatic heterocycles. The monoisotopic (exact) mass is 301 g/mol. The molecule has 0 radical (unpaired) electrons. The van der Waals surface area contributed by atoms with Crippen LogP contribution in [0.4, 0.5) is 0 Å². The second kappa shape index (κ2) is 4.28. The van der Waals surface area contributed by atoms with E-state index in [0.717, 1.165) is 13.0 Å². The molecule has 2 aliphatic rings. The molecule has 0 spiro atoms. The van der Waals surface area contributed by atoms with Crippen LogP contribution in [-0.2, 0) is 14.8 Å². The molecule has 2 heterocycles. The summed E-state index contributed by atoms with van der Waals surface area (Å²) in [5.74, 6) is 0.342. The average Bonchev–Trinajstić information content (AvgIpc) is 2.98. The molecule has 4 nitrogen and oxygen atoms in total. The lowest BCUT2D eigenvalue weighted by Crippen LogP contribution is -2.66. The highest BCUT2D eigenvalue weighted by atomic mass is 32.2. The van der Waals surface area contributed by atoms with Crippen LogP contribution in [0, 0.1) is 11.3 Å². The van der Waals surface area contributed by atoms with Gasteiger partial charge in [0.1, 0.15) is 4.21 Å². The molecule has 0 aromatic carbocycles. The summed E-state index contributed by atoms with van der Waals surface area (Å²) in [6.45, 7) is 4.96. The van der Waals surface area contributed by atoms with Gasteiger partial charge < -0.3 is 4.74 Å². The van der Waals surface area contributed by atoms with Gasteiger partial charge in [0.15, 0.2) is 0 Å². The van der Waals surface area contributed by atoms with Gasteiger partial charge in [0.05, 0.1) is 6.10 Å². The van der Waals surface area contributed by atoms with Crippen LogP contribution in [0.5, 0.6) is 0 Å². The molecule has 1 aromatic rings. The first-order valence-corrected chi connectivity index (χ1v) is 8.82. The van der Waals surface area contributed by atoms with E-state index in [1.54, 1.807) is 28.9 Å². The van der Waals surface area contributed by atoms with Gasteiger partial charge >= 0.3 is 0 Å². The SMILES string of the molecule is CN([C@@H]1[C@H]2CCO[C@@H]2C1(C)C)S(=O)(=O)c1cccs1. The van der Waals surface area contributed by atoms with E-state index >= 15 is 0 Å². The van der Waals surface area contributed by atoms with Gasteiger partial charge in [0, 0.05) is 31.0 Å².